The van der Waals surface area contributed by atoms with Crippen LogP contribution in [0.15, 0.2) is 66.7 Å². The average Bonchev–Trinajstić information content (AvgIpc) is 2.90. The zero-order chi connectivity index (χ0) is 28.4. The van der Waals surface area contributed by atoms with Crippen LogP contribution in [-0.2, 0) is 16.0 Å². The second-order valence-corrected chi connectivity index (χ2v) is 9.77. The van der Waals surface area contributed by atoms with E-state index < -0.39 is 30.4 Å². The minimum atomic E-state index is -1.19. The molecule has 0 saturated heterocycles. The van der Waals surface area contributed by atoms with Gasteiger partial charge in [0, 0.05) is 38.8 Å². The number of nitrogens with one attached hydrogen (secondary N) is 2. The molecular formula is C30H28Cl2N2O5. The molecule has 0 aliphatic rings. The summed E-state index contributed by atoms with van der Waals surface area (Å²) in [5.74, 6) is 4.73. The van der Waals surface area contributed by atoms with Gasteiger partial charge in [0.05, 0.1) is 6.10 Å². The largest absolute Gasteiger partial charge is 0.391 e. The van der Waals surface area contributed by atoms with E-state index in [4.69, 9.17) is 28.3 Å². The van der Waals surface area contributed by atoms with Gasteiger partial charge in [0.1, 0.15) is 12.6 Å². The number of Topliss-reactive ketones (excluding diaryl/α,β-unsaturated/α-hetero) is 1. The van der Waals surface area contributed by atoms with Crippen molar-refractivity contribution in [3.63, 3.8) is 0 Å². The van der Waals surface area contributed by atoms with E-state index in [0.717, 1.165) is 11.1 Å². The van der Waals surface area contributed by atoms with Crippen molar-refractivity contribution in [1.82, 2.24) is 5.32 Å². The number of amides is 2. The summed E-state index contributed by atoms with van der Waals surface area (Å²) in [7, 11) is 0. The highest BCUT2D eigenvalue weighted by Gasteiger charge is 2.25. The number of carbonyl (C=O) groups is 3. The third-order valence-corrected chi connectivity index (χ3v) is 6.17. The van der Waals surface area contributed by atoms with Gasteiger partial charge >= 0.3 is 0 Å². The molecule has 0 saturated carbocycles. The van der Waals surface area contributed by atoms with Crippen molar-refractivity contribution < 1.29 is 24.6 Å². The molecule has 0 aliphatic heterocycles. The van der Waals surface area contributed by atoms with E-state index in [1.807, 2.05) is 12.1 Å². The maximum absolute atomic E-state index is 12.4. The minimum absolute atomic E-state index is 0.0911. The number of aliphatic hydroxyl groups excluding tert-OH is 2. The van der Waals surface area contributed by atoms with Crippen molar-refractivity contribution >= 4 is 46.5 Å². The number of benzene rings is 3. The molecule has 3 aromatic carbocycles. The summed E-state index contributed by atoms with van der Waals surface area (Å²) in [5, 5.41) is 25.1. The molecule has 3 rings (SSSR count). The number of ketones is 1. The van der Waals surface area contributed by atoms with E-state index in [1.54, 1.807) is 54.6 Å². The van der Waals surface area contributed by atoms with E-state index in [-0.39, 0.29) is 11.5 Å². The van der Waals surface area contributed by atoms with Gasteiger partial charge < -0.3 is 20.8 Å². The molecular weight excluding hydrogens is 539 g/mol. The van der Waals surface area contributed by atoms with Crippen LogP contribution in [-0.4, -0.2) is 46.6 Å². The van der Waals surface area contributed by atoms with Gasteiger partial charge in [-0.25, -0.2) is 0 Å². The summed E-state index contributed by atoms with van der Waals surface area (Å²) in [6, 6.07) is 17.8. The first kappa shape index (κ1) is 29.9. The molecule has 0 radical (unpaired) electrons. The fraction of sp³-hybridized carbons (Fsp3) is 0.233. The van der Waals surface area contributed by atoms with E-state index in [2.05, 4.69) is 22.5 Å². The summed E-state index contributed by atoms with van der Waals surface area (Å²) in [5.41, 5.74) is 3.36. The third-order valence-electron chi connectivity index (χ3n) is 5.73. The van der Waals surface area contributed by atoms with Crippen LogP contribution in [0.1, 0.15) is 46.8 Å². The number of hydrogen-bond donors (Lipinski definition) is 4. The van der Waals surface area contributed by atoms with Gasteiger partial charge in [-0.05, 0) is 92.1 Å². The summed E-state index contributed by atoms with van der Waals surface area (Å²) >= 11 is 12.0. The zero-order valence-corrected chi connectivity index (χ0v) is 22.7. The minimum Gasteiger partial charge on any atom is -0.391 e. The highest BCUT2D eigenvalue weighted by molar-refractivity contribution is 6.34. The molecule has 39 heavy (non-hydrogen) atoms. The summed E-state index contributed by atoms with van der Waals surface area (Å²) in [6.07, 6.45) is 0.573. The van der Waals surface area contributed by atoms with Crippen molar-refractivity contribution in [3.05, 3.63) is 99.0 Å². The van der Waals surface area contributed by atoms with Gasteiger partial charge in [-0.15, -0.1) is 0 Å². The lowest BCUT2D eigenvalue weighted by Crippen LogP contribution is -2.48. The zero-order valence-electron chi connectivity index (χ0n) is 21.2. The Kier molecular flexibility index (Phi) is 11.1. The highest BCUT2D eigenvalue weighted by Crippen LogP contribution is 2.20. The SMILES string of the molecule is C[C@@H](O)[C@H](NC(=O)c1ccc(C#Cc2ccc(NC(=O)CCCc3cc(Cl)cc(Cl)c3)cc2)cc1)C(=O)CO. The molecule has 0 unspecified atom stereocenters. The van der Waals surface area contributed by atoms with Gasteiger partial charge in [-0.2, -0.15) is 0 Å². The Hall–Kier alpha value is -3.67. The monoisotopic (exact) mass is 566 g/mol. The van der Waals surface area contributed by atoms with Crippen LogP contribution < -0.4 is 10.6 Å². The number of aryl methyl sites for hydroxylation is 1. The molecule has 0 spiro atoms. The number of halogens is 2. The van der Waals surface area contributed by atoms with Crippen molar-refractivity contribution in [2.45, 2.75) is 38.3 Å². The Balaban J connectivity index is 1.50. The van der Waals surface area contributed by atoms with Crippen LogP contribution in [0.5, 0.6) is 0 Å². The lowest BCUT2D eigenvalue weighted by Gasteiger charge is -2.19. The molecule has 0 heterocycles. The molecule has 2 atom stereocenters. The lowest BCUT2D eigenvalue weighted by molar-refractivity contribution is -0.126. The standard InChI is InChI=1S/C30H28Cl2N2O5/c1-19(36)29(27(37)18-35)34-30(39)23-11-7-20(8-12-23)5-6-21-9-13-26(14-10-21)33-28(38)4-2-3-22-15-24(31)17-25(32)16-22/h7-17,19,29,35-36H,2-4,18H2,1H3,(H,33,38)(H,34,39)/t19-,29+/m1/s1. The maximum Gasteiger partial charge on any atom is 0.251 e. The Morgan fingerprint density at radius 3 is 2.00 bits per heavy atom. The van der Waals surface area contributed by atoms with E-state index >= 15 is 0 Å². The number of carbonyl (C=O) groups excluding carboxylic acids is 3. The van der Waals surface area contributed by atoms with E-state index in [1.165, 1.54) is 6.92 Å². The molecule has 0 bridgehead atoms. The summed E-state index contributed by atoms with van der Waals surface area (Å²) in [4.78, 5) is 36.4. The number of rotatable bonds is 10. The summed E-state index contributed by atoms with van der Waals surface area (Å²) < 4.78 is 0. The number of anilines is 1. The average molecular weight is 567 g/mol. The molecule has 0 fully saturated rings. The first-order valence-corrected chi connectivity index (χ1v) is 13.0. The molecule has 3 aromatic rings. The normalized spacial score (nSPS) is 12.0. The maximum atomic E-state index is 12.4. The van der Waals surface area contributed by atoms with Crippen LogP contribution in [0.25, 0.3) is 0 Å². The Bertz CT molecular complexity index is 1360. The second-order valence-electron chi connectivity index (χ2n) is 8.90. The van der Waals surface area contributed by atoms with Crippen LogP contribution >= 0.6 is 23.2 Å². The predicted molar refractivity (Wildman–Crippen MR) is 152 cm³/mol. The second kappa shape index (κ2) is 14.5. The molecule has 4 N–H and O–H groups in total. The topological polar surface area (TPSA) is 116 Å². The smallest absolute Gasteiger partial charge is 0.251 e. The Labute approximate surface area is 237 Å². The van der Waals surface area contributed by atoms with Gasteiger partial charge in [0.15, 0.2) is 5.78 Å². The van der Waals surface area contributed by atoms with Crippen LogP contribution in [0, 0.1) is 11.8 Å². The number of hydrogen-bond acceptors (Lipinski definition) is 5. The van der Waals surface area contributed by atoms with Gasteiger partial charge in [0.2, 0.25) is 5.91 Å². The molecule has 7 nitrogen and oxygen atoms in total. The van der Waals surface area contributed by atoms with E-state index in [9.17, 15) is 19.5 Å². The van der Waals surface area contributed by atoms with Gasteiger partial charge in [-0.3, -0.25) is 14.4 Å². The van der Waals surface area contributed by atoms with Crippen molar-refractivity contribution in [2.24, 2.45) is 0 Å². The van der Waals surface area contributed by atoms with Crippen LogP contribution in [0.4, 0.5) is 5.69 Å². The first-order chi connectivity index (χ1) is 18.6. The molecule has 0 aliphatic carbocycles. The fourth-order valence-electron chi connectivity index (χ4n) is 3.71. The molecule has 9 heteroatoms. The Morgan fingerprint density at radius 1 is 0.897 bits per heavy atom. The van der Waals surface area contributed by atoms with E-state index in [0.29, 0.717) is 40.6 Å². The molecule has 2 amide bonds. The Morgan fingerprint density at radius 2 is 1.46 bits per heavy atom. The van der Waals surface area contributed by atoms with Gasteiger partial charge in [0.25, 0.3) is 5.91 Å². The first-order valence-electron chi connectivity index (χ1n) is 12.2. The van der Waals surface area contributed by atoms with Crippen LogP contribution in [0.3, 0.4) is 0 Å². The number of aliphatic hydroxyl groups is 2. The van der Waals surface area contributed by atoms with Gasteiger partial charge in [-0.1, -0.05) is 35.0 Å². The van der Waals surface area contributed by atoms with Crippen molar-refractivity contribution in [3.8, 4) is 11.8 Å². The van der Waals surface area contributed by atoms with Crippen molar-refractivity contribution in [1.29, 1.82) is 0 Å². The molecule has 202 valence electrons. The predicted octanol–water partition coefficient (Wildman–Crippen LogP) is 4.40. The molecule has 0 aromatic heterocycles. The van der Waals surface area contributed by atoms with Crippen LogP contribution in [0.2, 0.25) is 10.0 Å². The highest BCUT2D eigenvalue weighted by atomic mass is 35.5. The third kappa shape index (κ3) is 9.54. The van der Waals surface area contributed by atoms with Crippen molar-refractivity contribution in [2.75, 3.05) is 11.9 Å². The lowest BCUT2D eigenvalue weighted by atomic mass is 10.1. The summed E-state index contributed by atoms with van der Waals surface area (Å²) in [6.45, 7) is 0.581. The fourth-order valence-corrected chi connectivity index (χ4v) is 4.28. The quantitative estimate of drug-likeness (QED) is 0.271.